The first-order valence-electron chi connectivity index (χ1n) is 5.34. The molecule has 1 heterocycles. The Morgan fingerprint density at radius 2 is 2.06 bits per heavy atom. The fraction of sp³-hybridized carbons (Fsp3) is 0.231. The van der Waals surface area contributed by atoms with E-state index in [9.17, 15) is 4.79 Å². The second-order valence-corrected chi connectivity index (χ2v) is 4.08. The van der Waals surface area contributed by atoms with E-state index in [0.29, 0.717) is 5.69 Å². The van der Waals surface area contributed by atoms with Crippen LogP contribution in [0, 0.1) is 13.8 Å². The molecule has 0 fully saturated rings. The summed E-state index contributed by atoms with van der Waals surface area (Å²) >= 11 is 0. The number of hydrogen-bond acceptors (Lipinski definition) is 2. The smallest absolute Gasteiger partial charge is 0.339 e. The number of carbonyl (C=O) groups is 1. The summed E-state index contributed by atoms with van der Waals surface area (Å²) in [5.41, 5.74) is 4.03. The Labute approximate surface area is 99.5 Å². The highest BCUT2D eigenvalue weighted by Gasteiger charge is 2.18. The molecule has 1 N–H and O–H groups in total. The van der Waals surface area contributed by atoms with Gasteiger partial charge in [-0.2, -0.15) is 5.10 Å². The number of aromatic carboxylic acids is 1. The first-order valence-corrected chi connectivity index (χ1v) is 5.34. The number of hydrogen-bond donors (Lipinski definition) is 1. The molecule has 0 aliphatic heterocycles. The van der Waals surface area contributed by atoms with Crippen LogP contribution in [0.1, 0.15) is 21.5 Å². The summed E-state index contributed by atoms with van der Waals surface area (Å²) in [6, 6.07) is 5.86. The summed E-state index contributed by atoms with van der Waals surface area (Å²) in [6.07, 6.45) is 1.39. The van der Waals surface area contributed by atoms with E-state index in [2.05, 4.69) is 5.10 Å². The van der Waals surface area contributed by atoms with Crippen LogP contribution in [0.15, 0.2) is 24.4 Å². The molecule has 0 amide bonds. The van der Waals surface area contributed by atoms with Gasteiger partial charge in [0.05, 0.1) is 11.9 Å². The van der Waals surface area contributed by atoms with Crippen LogP contribution in [0.3, 0.4) is 0 Å². The van der Waals surface area contributed by atoms with Crippen LogP contribution in [0.25, 0.3) is 11.3 Å². The molecule has 2 aromatic rings. The Hall–Kier alpha value is -2.10. The molecule has 0 bridgehead atoms. The van der Waals surface area contributed by atoms with Crippen molar-refractivity contribution in [1.29, 1.82) is 0 Å². The largest absolute Gasteiger partial charge is 0.478 e. The van der Waals surface area contributed by atoms with Crippen LogP contribution < -0.4 is 0 Å². The first kappa shape index (κ1) is 11.4. The van der Waals surface area contributed by atoms with E-state index in [1.54, 1.807) is 11.7 Å². The Morgan fingerprint density at radius 1 is 1.35 bits per heavy atom. The molecular weight excluding hydrogens is 216 g/mol. The zero-order valence-electron chi connectivity index (χ0n) is 10.1. The topological polar surface area (TPSA) is 55.1 Å². The predicted molar refractivity (Wildman–Crippen MR) is 65.1 cm³/mol. The number of aromatic nitrogens is 2. The van der Waals surface area contributed by atoms with Crippen molar-refractivity contribution in [3.05, 3.63) is 41.1 Å². The summed E-state index contributed by atoms with van der Waals surface area (Å²) in [6.45, 7) is 4.00. The molecule has 2 rings (SSSR count). The molecule has 0 atom stereocenters. The van der Waals surface area contributed by atoms with Crippen molar-refractivity contribution in [2.24, 2.45) is 7.05 Å². The van der Waals surface area contributed by atoms with Crippen LogP contribution in [-0.2, 0) is 7.05 Å². The Kier molecular flexibility index (Phi) is 2.71. The molecule has 0 saturated carbocycles. The fourth-order valence-corrected chi connectivity index (χ4v) is 1.92. The van der Waals surface area contributed by atoms with Crippen LogP contribution >= 0.6 is 0 Å². The van der Waals surface area contributed by atoms with Gasteiger partial charge < -0.3 is 5.11 Å². The highest BCUT2D eigenvalue weighted by Crippen LogP contribution is 2.27. The van der Waals surface area contributed by atoms with Crippen molar-refractivity contribution in [1.82, 2.24) is 9.78 Å². The number of benzene rings is 1. The number of rotatable bonds is 2. The lowest BCUT2D eigenvalue weighted by Crippen LogP contribution is -2.02. The van der Waals surface area contributed by atoms with Crippen molar-refractivity contribution in [2.45, 2.75) is 13.8 Å². The summed E-state index contributed by atoms with van der Waals surface area (Å²) in [4.78, 5) is 11.2. The number of carboxylic acid groups (broad SMARTS) is 1. The lowest BCUT2D eigenvalue weighted by Gasteiger charge is -2.10. The third-order valence-electron chi connectivity index (χ3n) is 3.03. The molecule has 0 spiro atoms. The van der Waals surface area contributed by atoms with Gasteiger partial charge in [0, 0.05) is 12.6 Å². The van der Waals surface area contributed by atoms with E-state index in [1.807, 2.05) is 32.0 Å². The van der Waals surface area contributed by atoms with Gasteiger partial charge in [0.2, 0.25) is 0 Å². The average Bonchev–Trinajstić information content (AvgIpc) is 2.65. The Morgan fingerprint density at radius 3 is 2.71 bits per heavy atom. The third-order valence-corrected chi connectivity index (χ3v) is 3.03. The van der Waals surface area contributed by atoms with Crippen molar-refractivity contribution in [3.8, 4) is 11.3 Å². The molecule has 0 saturated heterocycles. The molecule has 1 aromatic heterocycles. The zero-order chi connectivity index (χ0) is 12.6. The lowest BCUT2D eigenvalue weighted by molar-refractivity contribution is 0.0697. The van der Waals surface area contributed by atoms with Gasteiger partial charge in [-0.05, 0) is 25.0 Å². The normalized spacial score (nSPS) is 10.5. The maximum absolute atomic E-state index is 11.2. The van der Waals surface area contributed by atoms with E-state index in [1.165, 1.54) is 6.20 Å². The Balaban J connectivity index is 2.72. The standard InChI is InChI=1S/C13H14N2O2/c1-8-5-4-6-10(9(8)2)12-11(13(16)17)7-14-15(12)3/h4-7H,1-3H3,(H,16,17). The quantitative estimate of drug-likeness (QED) is 0.861. The van der Waals surface area contributed by atoms with Crippen molar-refractivity contribution >= 4 is 5.97 Å². The van der Waals surface area contributed by atoms with E-state index in [-0.39, 0.29) is 5.56 Å². The van der Waals surface area contributed by atoms with Gasteiger partial charge >= 0.3 is 5.97 Å². The number of carboxylic acids is 1. The zero-order valence-corrected chi connectivity index (χ0v) is 10.1. The minimum atomic E-state index is -0.950. The molecule has 0 unspecified atom stereocenters. The molecular formula is C13H14N2O2. The van der Waals surface area contributed by atoms with E-state index >= 15 is 0 Å². The van der Waals surface area contributed by atoms with Crippen molar-refractivity contribution in [3.63, 3.8) is 0 Å². The first-order chi connectivity index (χ1) is 8.02. The van der Waals surface area contributed by atoms with Gasteiger partial charge in [0.25, 0.3) is 0 Å². The Bertz CT molecular complexity index is 585. The lowest BCUT2D eigenvalue weighted by atomic mass is 9.99. The van der Waals surface area contributed by atoms with Crippen LogP contribution in [0.2, 0.25) is 0 Å². The van der Waals surface area contributed by atoms with Gasteiger partial charge in [-0.25, -0.2) is 4.79 Å². The monoisotopic (exact) mass is 230 g/mol. The molecule has 0 aliphatic rings. The van der Waals surface area contributed by atoms with Crippen LogP contribution in [0.5, 0.6) is 0 Å². The summed E-state index contributed by atoms with van der Waals surface area (Å²) in [7, 11) is 1.75. The summed E-state index contributed by atoms with van der Waals surface area (Å²) < 4.78 is 1.60. The van der Waals surface area contributed by atoms with Crippen LogP contribution in [0.4, 0.5) is 0 Å². The predicted octanol–water partition coefficient (Wildman–Crippen LogP) is 2.40. The van der Waals surface area contributed by atoms with E-state index in [4.69, 9.17) is 5.11 Å². The molecule has 4 nitrogen and oxygen atoms in total. The van der Waals surface area contributed by atoms with Gasteiger partial charge in [-0.3, -0.25) is 4.68 Å². The highest BCUT2D eigenvalue weighted by molar-refractivity contribution is 5.95. The molecule has 17 heavy (non-hydrogen) atoms. The number of nitrogens with zero attached hydrogens (tertiary/aromatic N) is 2. The SMILES string of the molecule is Cc1cccc(-c2c(C(=O)O)cnn2C)c1C. The molecule has 88 valence electrons. The maximum atomic E-state index is 11.2. The number of aryl methyl sites for hydroxylation is 2. The minimum absolute atomic E-state index is 0.237. The minimum Gasteiger partial charge on any atom is -0.478 e. The fourth-order valence-electron chi connectivity index (χ4n) is 1.92. The van der Waals surface area contributed by atoms with Crippen molar-refractivity contribution in [2.75, 3.05) is 0 Å². The second kappa shape index (κ2) is 4.05. The molecule has 0 aliphatic carbocycles. The maximum Gasteiger partial charge on any atom is 0.339 e. The van der Waals surface area contributed by atoms with Gasteiger partial charge in [-0.15, -0.1) is 0 Å². The van der Waals surface area contributed by atoms with Gasteiger partial charge in [-0.1, -0.05) is 18.2 Å². The summed E-state index contributed by atoms with van der Waals surface area (Å²) in [5.74, 6) is -0.950. The molecule has 4 heteroatoms. The van der Waals surface area contributed by atoms with E-state index < -0.39 is 5.97 Å². The van der Waals surface area contributed by atoms with Gasteiger partial charge in [0.15, 0.2) is 0 Å². The van der Waals surface area contributed by atoms with Crippen molar-refractivity contribution < 1.29 is 9.90 Å². The molecule has 1 aromatic carbocycles. The van der Waals surface area contributed by atoms with Crippen LogP contribution in [-0.4, -0.2) is 20.9 Å². The van der Waals surface area contributed by atoms with E-state index in [0.717, 1.165) is 16.7 Å². The second-order valence-electron chi connectivity index (χ2n) is 4.08. The highest BCUT2D eigenvalue weighted by atomic mass is 16.4. The average molecular weight is 230 g/mol. The summed E-state index contributed by atoms with van der Waals surface area (Å²) in [5, 5.41) is 13.2. The third kappa shape index (κ3) is 1.82. The van der Waals surface area contributed by atoms with Gasteiger partial charge in [0.1, 0.15) is 5.56 Å². The molecule has 0 radical (unpaired) electrons.